The van der Waals surface area contributed by atoms with E-state index in [-0.39, 0.29) is 18.5 Å². The first kappa shape index (κ1) is 29.0. The molecule has 0 saturated heterocycles. The first-order valence-corrected chi connectivity index (χ1v) is 14.2. The van der Waals surface area contributed by atoms with E-state index < -0.39 is 23.9 Å². The summed E-state index contributed by atoms with van der Waals surface area (Å²) in [7, 11) is 1.67. The maximum Gasteiger partial charge on any atom is 0.416 e. The maximum atomic E-state index is 13.5. The Morgan fingerprint density at radius 1 is 0.955 bits per heavy atom. The lowest BCUT2D eigenvalue weighted by atomic mass is 9.92. The molecule has 1 unspecified atom stereocenters. The van der Waals surface area contributed by atoms with Gasteiger partial charge < -0.3 is 19.9 Å². The van der Waals surface area contributed by atoms with Crippen molar-refractivity contribution in [1.82, 2.24) is 10.2 Å². The summed E-state index contributed by atoms with van der Waals surface area (Å²) < 4.78 is 45.8. The number of hydrogen-bond donors (Lipinski definition) is 1. The van der Waals surface area contributed by atoms with Gasteiger partial charge in [-0.2, -0.15) is 13.2 Å². The molecule has 1 aliphatic heterocycles. The molecule has 44 heavy (non-hydrogen) atoms. The fraction of sp³-hybridized carbons (Fsp3) is 0.200. The third-order valence-electron chi connectivity index (χ3n) is 8.15. The molecule has 1 aliphatic carbocycles. The molecule has 0 aromatic heterocycles. The van der Waals surface area contributed by atoms with E-state index in [1.807, 2.05) is 71.6 Å². The summed E-state index contributed by atoms with van der Waals surface area (Å²) in [5, 5.41) is 2.93. The fourth-order valence-electron chi connectivity index (χ4n) is 6.07. The number of benzene rings is 4. The molecule has 4 aromatic rings. The Balaban J connectivity index is 1.27. The number of nitrogens with zero attached hydrogens (tertiary/aromatic N) is 2. The fourth-order valence-corrected chi connectivity index (χ4v) is 6.07. The average Bonchev–Trinajstić information content (AvgIpc) is 3.34. The van der Waals surface area contributed by atoms with Crippen LogP contribution in [0.25, 0.3) is 11.1 Å². The van der Waals surface area contributed by atoms with E-state index in [1.54, 1.807) is 7.05 Å². The van der Waals surface area contributed by atoms with Crippen LogP contribution in [0, 0.1) is 0 Å². The van der Waals surface area contributed by atoms with E-state index in [9.17, 15) is 22.8 Å². The van der Waals surface area contributed by atoms with Crippen LogP contribution >= 0.6 is 0 Å². The van der Waals surface area contributed by atoms with E-state index >= 15 is 0 Å². The first-order valence-electron chi connectivity index (χ1n) is 14.2. The Morgan fingerprint density at radius 2 is 1.59 bits per heavy atom. The minimum Gasteiger partial charge on any atom is -0.436 e. The second-order valence-corrected chi connectivity index (χ2v) is 11.0. The van der Waals surface area contributed by atoms with Crippen LogP contribution in [-0.2, 0) is 28.7 Å². The lowest BCUT2D eigenvalue weighted by Gasteiger charge is -2.38. The number of carbonyl (C=O) groups is 2. The lowest BCUT2D eigenvalue weighted by molar-refractivity contribution is -0.137. The van der Waals surface area contributed by atoms with Crippen LogP contribution in [0.4, 0.5) is 29.3 Å². The van der Waals surface area contributed by atoms with Crippen LogP contribution < -0.4 is 10.2 Å². The number of fused-ring (bicyclic) bond motifs is 4. The highest BCUT2D eigenvalue weighted by molar-refractivity contribution is 5.87. The van der Waals surface area contributed by atoms with Gasteiger partial charge in [-0.15, -0.1) is 0 Å². The molecule has 0 bridgehead atoms. The molecule has 0 fully saturated rings. The molecule has 1 atom stereocenters. The topological polar surface area (TPSA) is 61.9 Å². The smallest absolute Gasteiger partial charge is 0.416 e. The van der Waals surface area contributed by atoms with E-state index in [2.05, 4.69) is 11.9 Å². The normalized spacial score (nSPS) is 15.5. The van der Waals surface area contributed by atoms with Crippen molar-refractivity contribution in [1.29, 1.82) is 0 Å². The predicted octanol–water partition coefficient (Wildman–Crippen LogP) is 7.41. The van der Waals surface area contributed by atoms with Gasteiger partial charge in [0.15, 0.2) is 6.10 Å². The van der Waals surface area contributed by atoms with Gasteiger partial charge in [-0.3, -0.25) is 4.79 Å². The third-order valence-corrected chi connectivity index (χ3v) is 8.15. The molecule has 9 heteroatoms. The van der Waals surface area contributed by atoms with Gasteiger partial charge in [0.2, 0.25) is 5.91 Å². The van der Waals surface area contributed by atoms with Gasteiger partial charge in [-0.25, -0.2) is 4.79 Å². The van der Waals surface area contributed by atoms with Crippen LogP contribution in [0.1, 0.15) is 33.9 Å². The molecule has 6 nitrogen and oxygen atoms in total. The Labute approximate surface area is 253 Å². The molecular formula is C35H30F3N3O3. The van der Waals surface area contributed by atoms with Gasteiger partial charge in [-0.1, -0.05) is 67.2 Å². The Hall–Kier alpha value is -5.05. The second-order valence-electron chi connectivity index (χ2n) is 11.0. The number of hydrogen-bond acceptors (Lipinski definition) is 4. The standard InChI is InChI=1S/C35H30F3N3O3/c1-3-32(42)39-24-19-30-22(9-8-14-31(30)41(21-24)25-17-15-23(16-18-25)35(36,37)38)20-40(2)34(43)44-33-28-12-6-4-10-26(28)27-11-5-7-13-29(27)33/h3-18,24,33H,1,19-21H2,2H3,(H,39,42). The second kappa shape index (κ2) is 11.6. The molecule has 0 spiro atoms. The van der Waals surface area contributed by atoms with Gasteiger partial charge in [-0.05, 0) is 65.1 Å². The lowest BCUT2D eigenvalue weighted by Crippen LogP contribution is -2.46. The van der Waals surface area contributed by atoms with E-state index in [1.165, 1.54) is 23.1 Å². The van der Waals surface area contributed by atoms with Crippen LogP contribution in [0.2, 0.25) is 0 Å². The van der Waals surface area contributed by atoms with Crippen molar-refractivity contribution in [2.75, 3.05) is 18.5 Å². The highest BCUT2D eigenvalue weighted by Gasteiger charge is 2.34. The number of carbonyl (C=O) groups excluding carboxylic acids is 2. The summed E-state index contributed by atoms with van der Waals surface area (Å²) in [6.45, 7) is 4.11. The average molecular weight is 598 g/mol. The monoisotopic (exact) mass is 597 g/mol. The summed E-state index contributed by atoms with van der Waals surface area (Å²) in [5.74, 6) is -0.346. The van der Waals surface area contributed by atoms with Crippen molar-refractivity contribution in [2.45, 2.75) is 31.3 Å². The van der Waals surface area contributed by atoms with Crippen molar-refractivity contribution in [2.24, 2.45) is 0 Å². The zero-order valence-corrected chi connectivity index (χ0v) is 24.0. The number of ether oxygens (including phenoxy) is 1. The quantitative estimate of drug-likeness (QED) is 0.235. The van der Waals surface area contributed by atoms with Gasteiger partial charge in [0.25, 0.3) is 0 Å². The molecule has 0 radical (unpaired) electrons. The number of alkyl halides is 3. The maximum absolute atomic E-state index is 13.5. The number of rotatable bonds is 6. The Morgan fingerprint density at radius 3 is 2.20 bits per heavy atom. The van der Waals surface area contributed by atoms with Crippen molar-refractivity contribution >= 4 is 23.4 Å². The SMILES string of the molecule is C=CC(=O)NC1Cc2c(CN(C)C(=O)OC3c4ccccc4-c4ccccc43)cccc2N(c2ccc(C(F)(F)F)cc2)C1. The molecule has 224 valence electrons. The number of amides is 2. The molecule has 4 aromatic carbocycles. The summed E-state index contributed by atoms with van der Waals surface area (Å²) in [6, 6.07) is 26.0. The summed E-state index contributed by atoms with van der Waals surface area (Å²) in [5.41, 5.74) is 6.27. The Bertz CT molecular complexity index is 1690. The highest BCUT2D eigenvalue weighted by Crippen LogP contribution is 2.45. The van der Waals surface area contributed by atoms with Gasteiger partial charge in [0.05, 0.1) is 11.6 Å². The van der Waals surface area contributed by atoms with Crippen LogP contribution in [-0.4, -0.2) is 36.5 Å². The molecule has 2 amide bonds. The zero-order chi connectivity index (χ0) is 31.0. The van der Waals surface area contributed by atoms with Gasteiger partial charge >= 0.3 is 12.3 Å². The molecule has 0 saturated carbocycles. The van der Waals surface area contributed by atoms with E-state index in [0.717, 1.165) is 51.2 Å². The summed E-state index contributed by atoms with van der Waals surface area (Å²) in [6.07, 6.45) is -3.82. The number of anilines is 2. The first-order chi connectivity index (χ1) is 21.1. The van der Waals surface area contributed by atoms with Gasteiger partial charge in [0.1, 0.15) is 0 Å². The van der Waals surface area contributed by atoms with E-state index in [0.29, 0.717) is 18.7 Å². The summed E-state index contributed by atoms with van der Waals surface area (Å²) in [4.78, 5) is 29.1. The predicted molar refractivity (Wildman–Crippen MR) is 162 cm³/mol. The minimum atomic E-state index is -4.45. The van der Waals surface area contributed by atoms with Crippen LogP contribution in [0.15, 0.2) is 104 Å². The van der Waals surface area contributed by atoms with Crippen LogP contribution in [0.5, 0.6) is 0 Å². The van der Waals surface area contributed by atoms with Crippen molar-refractivity contribution in [3.05, 3.63) is 131 Å². The number of nitrogens with one attached hydrogen (secondary N) is 1. The zero-order valence-electron chi connectivity index (χ0n) is 24.0. The Kier molecular flexibility index (Phi) is 7.63. The minimum absolute atomic E-state index is 0.223. The number of halogens is 3. The largest absolute Gasteiger partial charge is 0.436 e. The third kappa shape index (κ3) is 5.53. The van der Waals surface area contributed by atoms with Crippen molar-refractivity contribution < 1.29 is 27.5 Å². The molecular weight excluding hydrogens is 567 g/mol. The molecule has 6 rings (SSSR count). The van der Waals surface area contributed by atoms with Crippen molar-refractivity contribution in [3.63, 3.8) is 0 Å². The summed E-state index contributed by atoms with van der Waals surface area (Å²) >= 11 is 0. The van der Waals surface area contributed by atoms with E-state index in [4.69, 9.17) is 4.74 Å². The van der Waals surface area contributed by atoms with Crippen LogP contribution in [0.3, 0.4) is 0 Å². The highest BCUT2D eigenvalue weighted by atomic mass is 19.4. The van der Waals surface area contributed by atoms with Gasteiger partial charge in [0, 0.05) is 42.6 Å². The van der Waals surface area contributed by atoms with Crippen molar-refractivity contribution in [3.8, 4) is 11.1 Å². The molecule has 1 heterocycles. The molecule has 1 N–H and O–H groups in total. The molecule has 2 aliphatic rings.